The Hall–Kier alpha value is -4.67. The molecule has 1 aliphatic heterocycles. The first-order valence-electron chi connectivity index (χ1n) is 13.0. The molecule has 1 aromatic carbocycles. The number of amides is 1. The Morgan fingerprint density at radius 3 is 2.65 bits per heavy atom. The van der Waals surface area contributed by atoms with Gasteiger partial charge in [0.1, 0.15) is 17.4 Å². The molecule has 1 atom stereocenters. The molecular formula is C29H30FN7O3. The number of benzene rings is 1. The molecule has 1 saturated heterocycles. The monoisotopic (exact) mass is 543 g/mol. The summed E-state index contributed by atoms with van der Waals surface area (Å²) >= 11 is 0. The number of rotatable bonds is 5. The van der Waals surface area contributed by atoms with E-state index in [4.69, 9.17) is 0 Å². The maximum Gasteiger partial charge on any atom is 0.355 e. The highest BCUT2D eigenvalue weighted by atomic mass is 19.1. The summed E-state index contributed by atoms with van der Waals surface area (Å²) in [7, 11) is 0. The van der Waals surface area contributed by atoms with E-state index in [1.165, 1.54) is 35.0 Å². The van der Waals surface area contributed by atoms with Gasteiger partial charge in [-0.15, -0.1) is 0 Å². The van der Waals surface area contributed by atoms with E-state index < -0.39 is 11.5 Å². The SMILES string of the molecule is C=CC(=O)N1CCN(c2nc(=O)n(-c3c(C)ccnc3C(C)C)c3nc(-c4c(O)cccc4F)ncc23)[C@@H](C)C1. The average Bonchev–Trinajstić information content (AvgIpc) is 2.92. The summed E-state index contributed by atoms with van der Waals surface area (Å²) < 4.78 is 16.2. The Morgan fingerprint density at radius 1 is 1.20 bits per heavy atom. The van der Waals surface area contributed by atoms with Crippen molar-refractivity contribution >= 4 is 22.8 Å². The van der Waals surface area contributed by atoms with Crippen LogP contribution in [0.25, 0.3) is 28.1 Å². The van der Waals surface area contributed by atoms with Crippen molar-refractivity contribution in [2.45, 2.75) is 39.7 Å². The van der Waals surface area contributed by atoms with E-state index in [0.717, 1.165) is 5.56 Å². The van der Waals surface area contributed by atoms with Crippen molar-refractivity contribution in [3.63, 3.8) is 0 Å². The van der Waals surface area contributed by atoms with Crippen LogP contribution in [0, 0.1) is 12.7 Å². The molecule has 5 rings (SSSR count). The summed E-state index contributed by atoms with van der Waals surface area (Å²) in [5.41, 5.74) is 1.46. The number of carbonyl (C=O) groups is 1. The smallest absolute Gasteiger partial charge is 0.355 e. The largest absolute Gasteiger partial charge is 0.507 e. The maximum absolute atomic E-state index is 14.8. The third kappa shape index (κ3) is 4.57. The molecule has 11 heteroatoms. The van der Waals surface area contributed by atoms with Gasteiger partial charge >= 0.3 is 5.69 Å². The zero-order valence-electron chi connectivity index (χ0n) is 22.8. The molecule has 0 aliphatic carbocycles. The highest BCUT2D eigenvalue weighted by molar-refractivity contribution is 5.90. The quantitative estimate of drug-likeness (QED) is 0.379. The van der Waals surface area contributed by atoms with Crippen LogP contribution in [-0.4, -0.2) is 66.1 Å². The number of nitrogens with zero attached hydrogens (tertiary/aromatic N) is 7. The fourth-order valence-corrected chi connectivity index (χ4v) is 5.15. The number of hydrogen-bond donors (Lipinski definition) is 1. The van der Waals surface area contributed by atoms with Crippen molar-refractivity contribution in [3.05, 3.63) is 76.9 Å². The number of aromatic hydroxyl groups is 1. The van der Waals surface area contributed by atoms with Gasteiger partial charge in [0.15, 0.2) is 11.5 Å². The van der Waals surface area contributed by atoms with Gasteiger partial charge in [0.2, 0.25) is 5.91 Å². The second-order valence-electron chi connectivity index (χ2n) is 10.2. The molecule has 0 bridgehead atoms. The van der Waals surface area contributed by atoms with E-state index in [-0.39, 0.29) is 40.7 Å². The topological polar surface area (TPSA) is 117 Å². The summed E-state index contributed by atoms with van der Waals surface area (Å²) in [6.07, 6.45) is 4.47. The van der Waals surface area contributed by atoms with Crippen LogP contribution in [0.5, 0.6) is 5.75 Å². The minimum atomic E-state index is -0.695. The van der Waals surface area contributed by atoms with Crippen LogP contribution < -0.4 is 10.6 Å². The molecule has 0 unspecified atom stereocenters. The number of fused-ring (bicyclic) bond motifs is 1. The molecule has 1 amide bonds. The number of hydrogen-bond acceptors (Lipinski definition) is 8. The van der Waals surface area contributed by atoms with E-state index in [9.17, 15) is 19.1 Å². The lowest BCUT2D eigenvalue weighted by Crippen LogP contribution is -2.54. The van der Waals surface area contributed by atoms with Crippen LogP contribution in [0.15, 0.2) is 54.1 Å². The molecule has 3 aromatic heterocycles. The zero-order valence-corrected chi connectivity index (χ0v) is 22.8. The van der Waals surface area contributed by atoms with Gasteiger partial charge < -0.3 is 14.9 Å². The summed E-state index contributed by atoms with van der Waals surface area (Å²) in [5, 5.41) is 10.9. The lowest BCUT2D eigenvalue weighted by atomic mass is 10.0. The Kier molecular flexibility index (Phi) is 7.05. The number of halogens is 1. The number of piperazine rings is 1. The Labute approximate surface area is 230 Å². The molecule has 0 radical (unpaired) electrons. The maximum atomic E-state index is 14.8. The second kappa shape index (κ2) is 10.5. The van der Waals surface area contributed by atoms with Crippen LogP contribution in [0.3, 0.4) is 0 Å². The van der Waals surface area contributed by atoms with E-state index in [2.05, 4.69) is 26.5 Å². The second-order valence-corrected chi connectivity index (χ2v) is 10.2. The molecule has 0 saturated carbocycles. The Morgan fingerprint density at radius 2 is 1.98 bits per heavy atom. The molecule has 1 fully saturated rings. The molecular weight excluding hydrogens is 513 g/mol. The number of carbonyl (C=O) groups excluding carboxylic acids is 1. The van der Waals surface area contributed by atoms with Crippen molar-refractivity contribution in [2.75, 3.05) is 24.5 Å². The predicted octanol–water partition coefficient (Wildman–Crippen LogP) is 3.74. The fraction of sp³-hybridized carbons (Fsp3) is 0.310. The van der Waals surface area contributed by atoms with Gasteiger partial charge in [0.25, 0.3) is 0 Å². The third-order valence-corrected chi connectivity index (χ3v) is 7.14. The molecule has 1 N–H and O–H groups in total. The van der Waals surface area contributed by atoms with Crippen LogP contribution in [0.1, 0.15) is 37.9 Å². The lowest BCUT2D eigenvalue weighted by molar-refractivity contribution is -0.126. The van der Waals surface area contributed by atoms with Gasteiger partial charge in [-0.2, -0.15) is 4.98 Å². The first-order valence-corrected chi connectivity index (χ1v) is 13.0. The van der Waals surface area contributed by atoms with E-state index in [1.807, 2.05) is 32.6 Å². The van der Waals surface area contributed by atoms with E-state index in [1.54, 1.807) is 17.2 Å². The minimum Gasteiger partial charge on any atom is -0.507 e. The summed E-state index contributed by atoms with van der Waals surface area (Å²) in [5.74, 6) is -0.907. The first-order chi connectivity index (χ1) is 19.1. The van der Waals surface area contributed by atoms with Crippen LogP contribution in [0.4, 0.5) is 10.2 Å². The van der Waals surface area contributed by atoms with Gasteiger partial charge in [0.05, 0.1) is 22.3 Å². The van der Waals surface area contributed by atoms with Gasteiger partial charge in [-0.3, -0.25) is 9.78 Å². The molecule has 4 heterocycles. The van der Waals surface area contributed by atoms with Crippen molar-refractivity contribution in [1.29, 1.82) is 0 Å². The van der Waals surface area contributed by atoms with Crippen molar-refractivity contribution in [3.8, 4) is 22.8 Å². The number of aromatic nitrogens is 5. The Bertz CT molecular complexity index is 1680. The third-order valence-electron chi connectivity index (χ3n) is 7.14. The van der Waals surface area contributed by atoms with Crippen molar-refractivity contribution in [2.24, 2.45) is 0 Å². The molecule has 1 aliphatic rings. The van der Waals surface area contributed by atoms with E-state index in [0.29, 0.717) is 42.2 Å². The molecule has 40 heavy (non-hydrogen) atoms. The number of pyridine rings is 1. The summed E-state index contributed by atoms with van der Waals surface area (Å²) in [6, 6.07) is 5.58. The standard InChI is InChI=1S/C29H30FN7O3/c1-6-22(39)35-12-13-36(18(5)15-35)27-19-14-32-26(23-20(30)8-7-9-21(23)38)33-28(19)37(29(40)34-27)25-17(4)10-11-31-24(25)16(2)3/h6-11,14,16,18,38H,1,12-13,15H2,2-5H3/t18-/m0/s1. The fourth-order valence-electron chi connectivity index (χ4n) is 5.15. The first kappa shape index (κ1) is 26.9. The summed E-state index contributed by atoms with van der Waals surface area (Å²) in [4.78, 5) is 47.8. The number of phenolic OH excluding ortho intramolecular Hbond substituents is 1. The lowest BCUT2D eigenvalue weighted by Gasteiger charge is -2.40. The van der Waals surface area contributed by atoms with Gasteiger partial charge in [-0.25, -0.2) is 23.7 Å². The molecule has 206 valence electrons. The van der Waals surface area contributed by atoms with Gasteiger partial charge in [0, 0.05) is 38.1 Å². The van der Waals surface area contributed by atoms with Gasteiger partial charge in [-0.1, -0.05) is 26.5 Å². The highest BCUT2D eigenvalue weighted by Crippen LogP contribution is 2.33. The highest BCUT2D eigenvalue weighted by Gasteiger charge is 2.30. The summed E-state index contributed by atoms with van der Waals surface area (Å²) in [6.45, 7) is 12.6. The van der Waals surface area contributed by atoms with E-state index >= 15 is 0 Å². The Balaban J connectivity index is 1.79. The average molecular weight is 544 g/mol. The van der Waals surface area contributed by atoms with Gasteiger partial charge in [-0.05, 0) is 49.6 Å². The number of anilines is 1. The van der Waals surface area contributed by atoms with Crippen LogP contribution >= 0.6 is 0 Å². The predicted molar refractivity (Wildman–Crippen MR) is 150 cm³/mol. The van der Waals surface area contributed by atoms with Crippen LogP contribution in [0.2, 0.25) is 0 Å². The zero-order chi connectivity index (χ0) is 28.7. The normalized spacial score (nSPS) is 15.6. The minimum absolute atomic E-state index is 0.0241. The molecule has 0 spiro atoms. The molecule has 10 nitrogen and oxygen atoms in total. The van der Waals surface area contributed by atoms with Crippen molar-refractivity contribution in [1.82, 2.24) is 29.4 Å². The number of phenols is 1. The van der Waals surface area contributed by atoms with Crippen molar-refractivity contribution < 1.29 is 14.3 Å². The van der Waals surface area contributed by atoms with Crippen LogP contribution in [-0.2, 0) is 4.79 Å². The number of aryl methyl sites for hydroxylation is 1. The molecule has 4 aromatic rings.